The molecule has 1 fully saturated rings. The number of allylic oxidation sites excluding steroid dienone is 5. The Morgan fingerprint density at radius 3 is 2.60 bits per heavy atom. The normalized spacial score (nSPS) is 18.0. The van der Waals surface area contributed by atoms with Crippen molar-refractivity contribution in [3.05, 3.63) is 76.4 Å². The van der Waals surface area contributed by atoms with Crippen molar-refractivity contribution < 1.29 is 32.7 Å². The molecule has 0 saturated carbocycles. The Labute approximate surface area is 233 Å². The average Bonchev–Trinajstić information content (AvgIpc) is 3.56. The second-order valence-corrected chi connectivity index (χ2v) is 9.80. The Kier molecular flexibility index (Phi) is 11.4. The number of alkyl halides is 3. The molecule has 3 amide bonds. The van der Waals surface area contributed by atoms with Gasteiger partial charge in [0, 0.05) is 36.7 Å². The lowest BCUT2D eigenvalue weighted by Crippen LogP contribution is -2.33. The number of carbonyl (C=O) groups excluding carboxylic acids is 3. The third-order valence-corrected chi connectivity index (χ3v) is 6.89. The van der Waals surface area contributed by atoms with Crippen molar-refractivity contribution in [3.63, 3.8) is 0 Å². The number of thiazole rings is 1. The molecule has 1 aromatic rings. The van der Waals surface area contributed by atoms with Crippen LogP contribution in [0, 0.1) is 0 Å². The van der Waals surface area contributed by atoms with Gasteiger partial charge in [-0.05, 0) is 45.4 Å². The van der Waals surface area contributed by atoms with Crippen molar-refractivity contribution in [1.82, 2.24) is 25.8 Å². The minimum absolute atomic E-state index is 0.0209. The minimum atomic E-state index is -4.86. The first-order chi connectivity index (χ1) is 18.8. The number of hydrogen-bond donors (Lipinski definition) is 4. The van der Waals surface area contributed by atoms with Crippen LogP contribution < -0.4 is 16.0 Å². The van der Waals surface area contributed by atoms with Gasteiger partial charge in [-0.1, -0.05) is 13.2 Å². The number of likely N-dealkylation sites (tertiary alicyclic amines) is 1. The molecule has 2 rings (SSSR count). The lowest BCUT2D eigenvalue weighted by Gasteiger charge is -2.19. The number of nitrogens with zero attached hydrogens (tertiary/aromatic N) is 3. The highest BCUT2D eigenvalue weighted by Crippen LogP contribution is 2.29. The van der Waals surface area contributed by atoms with Crippen LogP contribution in [-0.2, 0) is 9.59 Å². The van der Waals surface area contributed by atoms with Crippen molar-refractivity contribution in [2.24, 2.45) is 4.99 Å². The molecule has 0 spiro atoms. The van der Waals surface area contributed by atoms with Gasteiger partial charge in [0.1, 0.15) is 21.4 Å². The average molecular weight is 581 g/mol. The predicted octanol–water partition coefficient (Wildman–Crippen LogP) is 3.82. The maximum absolute atomic E-state index is 13.2. The zero-order chi connectivity index (χ0) is 30.0. The monoisotopic (exact) mass is 580 g/mol. The topological polar surface area (TPSA) is 136 Å². The Hall–Kier alpha value is -4.20. The van der Waals surface area contributed by atoms with E-state index in [2.05, 4.69) is 39.1 Å². The predicted molar refractivity (Wildman–Crippen MR) is 146 cm³/mol. The van der Waals surface area contributed by atoms with E-state index in [-0.39, 0.29) is 22.3 Å². The van der Waals surface area contributed by atoms with Gasteiger partial charge in [-0.15, -0.1) is 11.3 Å². The molecule has 216 valence electrons. The molecule has 1 saturated heterocycles. The van der Waals surface area contributed by atoms with Gasteiger partial charge in [0.25, 0.3) is 11.8 Å². The fraction of sp³-hybridized carbons (Fsp3) is 0.346. The first kappa shape index (κ1) is 32.0. The highest BCUT2D eigenvalue weighted by molar-refractivity contribution is 7.13. The molecule has 1 aliphatic rings. The van der Waals surface area contributed by atoms with Gasteiger partial charge in [0.05, 0.1) is 17.8 Å². The standard InChI is InChI=1S/C26H31F3N6O4S/c1-6-21(37)19(26(27,28)29)10-15(3)33-24(39)22-12-31-25(40-22)17(5)34-23(38)20(30-7-2)11-16(4)35-9-8-18(13-35)32-14-36/h6-7,10-12,14,17-18,37H,1-2,8-9,13H2,3-5H3,(H,32,36)(H,33,39)(H,34,38)/b15-10+,16-11+,21-19-,30-20?. The number of aliphatic hydroxyl groups excluding tert-OH is 1. The summed E-state index contributed by atoms with van der Waals surface area (Å²) >= 11 is 0.949. The van der Waals surface area contributed by atoms with E-state index in [9.17, 15) is 32.7 Å². The highest BCUT2D eigenvalue weighted by atomic mass is 32.1. The zero-order valence-corrected chi connectivity index (χ0v) is 23.0. The van der Waals surface area contributed by atoms with Crippen molar-refractivity contribution in [3.8, 4) is 0 Å². The third kappa shape index (κ3) is 8.93. The number of hydrogen-bond acceptors (Lipinski definition) is 8. The summed E-state index contributed by atoms with van der Waals surface area (Å²) in [5.74, 6) is -2.30. The number of nitrogens with one attached hydrogen (secondary N) is 3. The van der Waals surface area contributed by atoms with Crippen LogP contribution in [0.3, 0.4) is 0 Å². The second kappa shape index (κ2) is 14.3. The maximum atomic E-state index is 13.2. The number of aromatic nitrogens is 1. The third-order valence-electron chi connectivity index (χ3n) is 5.71. The smallest absolute Gasteiger partial charge is 0.420 e. The molecule has 10 nitrogen and oxygen atoms in total. The van der Waals surface area contributed by atoms with E-state index in [4.69, 9.17) is 0 Å². The van der Waals surface area contributed by atoms with Crippen molar-refractivity contribution in [1.29, 1.82) is 0 Å². The Bertz CT molecular complexity index is 1270. The molecule has 0 aliphatic carbocycles. The summed E-state index contributed by atoms with van der Waals surface area (Å²) in [6.45, 7) is 12.7. The van der Waals surface area contributed by atoms with Crippen molar-refractivity contribution >= 4 is 35.3 Å². The van der Waals surface area contributed by atoms with Crippen LogP contribution in [-0.4, -0.2) is 64.2 Å². The van der Waals surface area contributed by atoms with Gasteiger partial charge in [-0.25, -0.2) is 4.98 Å². The van der Waals surface area contributed by atoms with Crippen LogP contribution in [0.2, 0.25) is 0 Å². The van der Waals surface area contributed by atoms with Gasteiger partial charge in [-0.3, -0.25) is 19.4 Å². The number of amides is 3. The zero-order valence-electron chi connectivity index (χ0n) is 22.2. The van der Waals surface area contributed by atoms with E-state index in [1.54, 1.807) is 13.0 Å². The lowest BCUT2D eigenvalue weighted by atomic mass is 10.1. The molecular formula is C26H31F3N6O4S. The van der Waals surface area contributed by atoms with E-state index < -0.39 is 35.4 Å². The Morgan fingerprint density at radius 1 is 1.30 bits per heavy atom. The molecule has 40 heavy (non-hydrogen) atoms. The van der Waals surface area contributed by atoms with Gasteiger partial charge >= 0.3 is 6.18 Å². The molecule has 1 aromatic heterocycles. The van der Waals surface area contributed by atoms with E-state index >= 15 is 0 Å². The molecule has 0 aromatic carbocycles. The number of rotatable bonds is 12. The minimum Gasteiger partial charge on any atom is -0.507 e. The van der Waals surface area contributed by atoms with Crippen LogP contribution in [0.4, 0.5) is 13.2 Å². The summed E-state index contributed by atoms with van der Waals surface area (Å²) in [5.41, 5.74) is -0.649. The SMILES string of the molecule is C=CN=C(/C=C(\C)N1CCC(NC=O)C1)C(=O)NC(C)c1ncc(C(=O)N/C(C)=C/C(=C(/O)C=C)C(F)(F)F)s1. The molecule has 14 heteroatoms. The molecule has 1 aliphatic heterocycles. The molecule has 2 atom stereocenters. The first-order valence-electron chi connectivity index (χ1n) is 12.0. The number of halogens is 3. The van der Waals surface area contributed by atoms with Crippen LogP contribution in [0.15, 0.2) is 71.5 Å². The van der Waals surface area contributed by atoms with Crippen LogP contribution >= 0.6 is 11.3 Å². The summed E-state index contributed by atoms with van der Waals surface area (Å²) in [5, 5.41) is 17.7. The maximum Gasteiger partial charge on any atom is 0.420 e. The molecule has 2 heterocycles. The van der Waals surface area contributed by atoms with Gasteiger partial charge < -0.3 is 26.0 Å². The number of aliphatic hydroxyl groups is 1. The summed E-state index contributed by atoms with van der Waals surface area (Å²) in [6, 6.07) is -0.607. The number of aliphatic imine (C=N–C) groups is 1. The fourth-order valence-electron chi connectivity index (χ4n) is 3.69. The highest BCUT2D eigenvalue weighted by Gasteiger charge is 2.35. The number of carbonyl (C=O) groups is 3. The van der Waals surface area contributed by atoms with Crippen LogP contribution in [0.1, 0.15) is 47.9 Å². The van der Waals surface area contributed by atoms with Gasteiger partial charge in [0.2, 0.25) is 6.41 Å². The quantitative estimate of drug-likeness (QED) is 0.128. The van der Waals surface area contributed by atoms with Crippen LogP contribution in [0.5, 0.6) is 0 Å². The van der Waals surface area contributed by atoms with E-state index in [0.717, 1.165) is 23.5 Å². The van der Waals surface area contributed by atoms with Gasteiger partial charge in [-0.2, -0.15) is 13.2 Å². The molecule has 4 N–H and O–H groups in total. The van der Waals surface area contributed by atoms with Crippen molar-refractivity contribution in [2.75, 3.05) is 13.1 Å². The summed E-state index contributed by atoms with van der Waals surface area (Å²) in [6.07, 6.45) is 1.90. The Morgan fingerprint density at radius 2 is 2.00 bits per heavy atom. The largest absolute Gasteiger partial charge is 0.507 e. The van der Waals surface area contributed by atoms with E-state index in [1.807, 2.05) is 11.8 Å². The van der Waals surface area contributed by atoms with E-state index in [0.29, 0.717) is 36.7 Å². The Balaban J connectivity index is 2.10. The molecular weight excluding hydrogens is 549 g/mol. The van der Waals surface area contributed by atoms with E-state index in [1.165, 1.54) is 19.3 Å². The summed E-state index contributed by atoms with van der Waals surface area (Å²) in [7, 11) is 0. The summed E-state index contributed by atoms with van der Waals surface area (Å²) in [4.78, 5) is 46.5. The molecule has 0 bridgehead atoms. The first-order valence-corrected chi connectivity index (χ1v) is 12.8. The molecule has 2 unspecified atom stereocenters. The molecule has 0 radical (unpaired) electrons. The van der Waals surface area contributed by atoms with Gasteiger partial charge in [0.15, 0.2) is 0 Å². The van der Waals surface area contributed by atoms with Crippen molar-refractivity contribution in [2.45, 2.75) is 45.5 Å². The summed E-state index contributed by atoms with van der Waals surface area (Å²) < 4.78 is 39.5. The van der Waals surface area contributed by atoms with Crippen LogP contribution in [0.25, 0.3) is 0 Å². The fourth-order valence-corrected chi connectivity index (χ4v) is 4.51. The lowest BCUT2D eigenvalue weighted by molar-refractivity contribution is -0.115. The second-order valence-electron chi connectivity index (χ2n) is 8.74.